The lowest BCUT2D eigenvalue weighted by Crippen LogP contribution is -2.40. The second-order valence-corrected chi connectivity index (χ2v) is 6.27. The molecular weight excluding hydrogens is 305 g/mol. The first-order chi connectivity index (χ1) is 10.2. The summed E-state index contributed by atoms with van der Waals surface area (Å²) in [5.74, 6) is -0.394. The maximum absolute atomic E-state index is 13.1. The number of carbonyl (C=O) groups excluding carboxylic acids is 1. The molecule has 4 nitrogen and oxygen atoms in total. The number of rotatable bonds is 3. The molecule has 122 valence electrons. The van der Waals surface area contributed by atoms with Gasteiger partial charge in [-0.05, 0) is 62.5 Å². The molecule has 2 aliphatic heterocycles. The third-order valence-corrected chi connectivity index (χ3v) is 4.66. The Kier molecular flexibility index (Phi) is 5.78. The second kappa shape index (κ2) is 7.40. The lowest BCUT2D eigenvalue weighted by Gasteiger charge is -2.33. The van der Waals surface area contributed by atoms with Gasteiger partial charge in [-0.1, -0.05) is 6.07 Å². The maximum Gasteiger partial charge on any atom is 0.238 e. The molecule has 2 N–H and O–H groups in total. The van der Waals surface area contributed by atoms with Crippen LogP contribution in [0.5, 0.6) is 0 Å². The molecular formula is C16H23ClFN3O. The molecule has 1 spiro atoms. The lowest BCUT2D eigenvalue weighted by atomic mass is 9.78. The van der Waals surface area contributed by atoms with E-state index in [0.717, 1.165) is 26.2 Å². The van der Waals surface area contributed by atoms with Gasteiger partial charge in [-0.25, -0.2) is 4.39 Å². The highest BCUT2D eigenvalue weighted by Gasteiger charge is 2.39. The maximum atomic E-state index is 13.1. The Labute approximate surface area is 136 Å². The highest BCUT2D eigenvalue weighted by Crippen LogP contribution is 2.38. The van der Waals surface area contributed by atoms with Crippen LogP contribution >= 0.6 is 12.4 Å². The molecule has 1 aromatic rings. The molecule has 0 atom stereocenters. The van der Waals surface area contributed by atoms with Crippen LogP contribution in [0.25, 0.3) is 0 Å². The van der Waals surface area contributed by atoms with Crippen LogP contribution in [-0.4, -0.2) is 43.5 Å². The van der Waals surface area contributed by atoms with Crippen LogP contribution < -0.4 is 10.6 Å². The van der Waals surface area contributed by atoms with E-state index in [-0.39, 0.29) is 24.1 Å². The van der Waals surface area contributed by atoms with Gasteiger partial charge in [0.2, 0.25) is 5.91 Å². The van der Waals surface area contributed by atoms with Crippen molar-refractivity contribution in [1.29, 1.82) is 0 Å². The van der Waals surface area contributed by atoms with Crippen molar-refractivity contribution >= 4 is 24.0 Å². The minimum absolute atomic E-state index is 0. The van der Waals surface area contributed by atoms with E-state index < -0.39 is 0 Å². The summed E-state index contributed by atoms with van der Waals surface area (Å²) in [7, 11) is 0. The van der Waals surface area contributed by atoms with Gasteiger partial charge in [-0.15, -0.1) is 12.4 Å². The Morgan fingerprint density at radius 3 is 2.82 bits per heavy atom. The second-order valence-electron chi connectivity index (χ2n) is 6.27. The first kappa shape index (κ1) is 17.2. The average Bonchev–Trinajstić information content (AvgIpc) is 2.82. The van der Waals surface area contributed by atoms with Crippen LogP contribution in [0.2, 0.25) is 0 Å². The van der Waals surface area contributed by atoms with Gasteiger partial charge in [0.15, 0.2) is 0 Å². The summed E-state index contributed by atoms with van der Waals surface area (Å²) in [6.45, 7) is 4.56. The van der Waals surface area contributed by atoms with Crippen molar-refractivity contribution in [3.05, 3.63) is 30.1 Å². The summed E-state index contributed by atoms with van der Waals surface area (Å²) in [4.78, 5) is 14.3. The van der Waals surface area contributed by atoms with Crippen molar-refractivity contribution < 1.29 is 9.18 Å². The largest absolute Gasteiger partial charge is 0.325 e. The van der Waals surface area contributed by atoms with Gasteiger partial charge in [0.1, 0.15) is 5.82 Å². The molecule has 0 radical (unpaired) electrons. The molecule has 22 heavy (non-hydrogen) atoms. The standard InChI is InChI=1S/C16H22FN3O.ClH/c17-13-2-1-3-14(10-13)19-15(21)11-20-9-6-16(12-20)4-7-18-8-5-16;/h1-3,10,18H,4-9,11-12H2,(H,19,21);1H. The molecule has 0 aromatic heterocycles. The van der Waals surface area contributed by atoms with Gasteiger partial charge in [0.05, 0.1) is 6.54 Å². The zero-order chi connectivity index (χ0) is 14.7. The SMILES string of the molecule is Cl.O=C(CN1CCC2(CCNCC2)C1)Nc1cccc(F)c1. The Morgan fingerprint density at radius 2 is 2.09 bits per heavy atom. The van der Waals surface area contributed by atoms with Crippen LogP contribution in [0.3, 0.4) is 0 Å². The monoisotopic (exact) mass is 327 g/mol. The van der Waals surface area contributed by atoms with E-state index in [9.17, 15) is 9.18 Å². The molecule has 2 aliphatic rings. The first-order valence-corrected chi connectivity index (χ1v) is 7.64. The number of carbonyl (C=O) groups is 1. The van der Waals surface area contributed by atoms with Crippen LogP contribution in [0, 0.1) is 11.2 Å². The van der Waals surface area contributed by atoms with Gasteiger partial charge < -0.3 is 10.6 Å². The van der Waals surface area contributed by atoms with Gasteiger partial charge in [0, 0.05) is 12.2 Å². The molecule has 3 rings (SSSR count). The number of nitrogens with one attached hydrogen (secondary N) is 2. The van der Waals surface area contributed by atoms with Crippen LogP contribution in [0.1, 0.15) is 19.3 Å². The molecule has 2 fully saturated rings. The predicted molar refractivity (Wildman–Crippen MR) is 87.9 cm³/mol. The number of hydrogen-bond donors (Lipinski definition) is 2. The topological polar surface area (TPSA) is 44.4 Å². The summed E-state index contributed by atoms with van der Waals surface area (Å²) in [5.41, 5.74) is 0.931. The number of nitrogens with zero attached hydrogens (tertiary/aromatic N) is 1. The van der Waals surface area contributed by atoms with E-state index in [1.54, 1.807) is 12.1 Å². The van der Waals surface area contributed by atoms with Gasteiger partial charge in [0.25, 0.3) is 0 Å². The normalized spacial score (nSPS) is 20.6. The zero-order valence-corrected chi connectivity index (χ0v) is 13.4. The summed E-state index contributed by atoms with van der Waals surface area (Å²) >= 11 is 0. The molecule has 0 bridgehead atoms. The molecule has 1 amide bonds. The Bertz CT molecular complexity index is 520. The van der Waals surface area contributed by atoms with Crippen molar-refractivity contribution in [3.63, 3.8) is 0 Å². The number of amides is 1. The van der Waals surface area contributed by atoms with Crippen molar-refractivity contribution in [2.45, 2.75) is 19.3 Å². The predicted octanol–water partition coefficient (Wildman–Crippen LogP) is 2.26. The third-order valence-electron chi connectivity index (χ3n) is 4.66. The van der Waals surface area contributed by atoms with E-state index in [1.165, 1.54) is 31.4 Å². The number of hydrogen-bond acceptors (Lipinski definition) is 3. The zero-order valence-electron chi connectivity index (χ0n) is 12.6. The number of benzene rings is 1. The van der Waals surface area contributed by atoms with Crippen molar-refractivity contribution in [1.82, 2.24) is 10.2 Å². The van der Waals surface area contributed by atoms with Crippen LogP contribution in [0.4, 0.5) is 10.1 Å². The number of likely N-dealkylation sites (tertiary alicyclic amines) is 1. The van der Waals surface area contributed by atoms with Crippen molar-refractivity contribution in [2.24, 2.45) is 5.41 Å². The van der Waals surface area contributed by atoms with Crippen LogP contribution in [0.15, 0.2) is 24.3 Å². The Balaban J connectivity index is 0.00000176. The fraction of sp³-hybridized carbons (Fsp3) is 0.562. The van der Waals surface area contributed by atoms with E-state index >= 15 is 0 Å². The molecule has 0 saturated carbocycles. The number of halogens is 2. The third kappa shape index (κ3) is 4.18. The molecule has 2 heterocycles. The lowest BCUT2D eigenvalue weighted by molar-refractivity contribution is -0.117. The molecule has 0 aliphatic carbocycles. The highest BCUT2D eigenvalue weighted by molar-refractivity contribution is 5.92. The molecule has 2 saturated heterocycles. The van der Waals surface area contributed by atoms with E-state index in [1.807, 2.05) is 0 Å². The first-order valence-electron chi connectivity index (χ1n) is 7.64. The van der Waals surface area contributed by atoms with Crippen molar-refractivity contribution in [3.8, 4) is 0 Å². The summed E-state index contributed by atoms with van der Waals surface area (Å²) < 4.78 is 13.1. The van der Waals surface area contributed by atoms with E-state index in [0.29, 0.717) is 17.6 Å². The average molecular weight is 328 g/mol. The highest BCUT2D eigenvalue weighted by atomic mass is 35.5. The molecule has 1 aromatic carbocycles. The number of piperidine rings is 1. The molecule has 0 unspecified atom stereocenters. The Morgan fingerprint density at radius 1 is 1.32 bits per heavy atom. The Hall–Kier alpha value is -1.17. The van der Waals surface area contributed by atoms with E-state index in [4.69, 9.17) is 0 Å². The summed E-state index contributed by atoms with van der Waals surface area (Å²) in [5, 5.41) is 6.16. The summed E-state index contributed by atoms with van der Waals surface area (Å²) in [6, 6.07) is 6.03. The number of anilines is 1. The van der Waals surface area contributed by atoms with Crippen LogP contribution in [-0.2, 0) is 4.79 Å². The smallest absolute Gasteiger partial charge is 0.238 e. The summed E-state index contributed by atoms with van der Waals surface area (Å²) in [6.07, 6.45) is 3.59. The van der Waals surface area contributed by atoms with Gasteiger partial charge in [-0.2, -0.15) is 0 Å². The van der Waals surface area contributed by atoms with Crippen molar-refractivity contribution in [2.75, 3.05) is 38.0 Å². The fourth-order valence-corrected chi connectivity index (χ4v) is 3.50. The van der Waals surface area contributed by atoms with Gasteiger partial charge in [-0.3, -0.25) is 9.69 Å². The van der Waals surface area contributed by atoms with Gasteiger partial charge >= 0.3 is 0 Å². The minimum atomic E-state index is -0.331. The van der Waals surface area contributed by atoms with E-state index in [2.05, 4.69) is 15.5 Å². The quantitative estimate of drug-likeness (QED) is 0.895. The molecule has 6 heteroatoms. The fourth-order valence-electron chi connectivity index (χ4n) is 3.50. The minimum Gasteiger partial charge on any atom is -0.325 e.